The molecule has 0 spiro atoms. The number of allylic oxidation sites excluding steroid dienone is 1. The first-order valence-electron chi connectivity index (χ1n) is 8.67. The second-order valence-electron chi connectivity index (χ2n) is 6.33. The van der Waals surface area contributed by atoms with Gasteiger partial charge in [0.1, 0.15) is 17.7 Å². The lowest BCUT2D eigenvalue weighted by Crippen LogP contribution is -2.10. The first-order chi connectivity index (χ1) is 13.1. The Morgan fingerprint density at radius 1 is 0.778 bits per heavy atom. The molecule has 3 aromatic rings. The van der Waals surface area contributed by atoms with Gasteiger partial charge in [-0.2, -0.15) is 10.5 Å². The zero-order chi connectivity index (χ0) is 19.2. The molecule has 0 saturated heterocycles. The second kappa shape index (κ2) is 8.04. The van der Waals surface area contributed by atoms with Crippen molar-refractivity contribution in [2.45, 2.75) is 13.8 Å². The van der Waals surface area contributed by atoms with E-state index in [2.05, 4.69) is 54.3 Å². The van der Waals surface area contributed by atoms with Gasteiger partial charge in [-0.1, -0.05) is 36.4 Å². The molecule has 0 aromatic heterocycles. The molecular weight excluding hydrogens is 330 g/mol. The van der Waals surface area contributed by atoms with Crippen molar-refractivity contribution in [3.05, 3.63) is 95.1 Å². The van der Waals surface area contributed by atoms with Gasteiger partial charge in [0.25, 0.3) is 0 Å². The van der Waals surface area contributed by atoms with Crippen LogP contribution in [0.3, 0.4) is 0 Å². The van der Waals surface area contributed by atoms with Crippen LogP contribution in [-0.2, 0) is 0 Å². The van der Waals surface area contributed by atoms with Crippen molar-refractivity contribution in [1.29, 1.82) is 10.5 Å². The highest BCUT2D eigenvalue weighted by Gasteiger charge is 2.13. The average molecular weight is 349 g/mol. The summed E-state index contributed by atoms with van der Waals surface area (Å²) in [6.07, 6.45) is 1.62. The predicted molar refractivity (Wildman–Crippen MR) is 110 cm³/mol. The maximum atomic E-state index is 9.00. The molecule has 3 rings (SSSR count). The lowest BCUT2D eigenvalue weighted by atomic mass is 10.0. The average Bonchev–Trinajstić information content (AvgIpc) is 2.68. The minimum absolute atomic E-state index is 0.101. The molecule has 0 radical (unpaired) electrons. The molecule has 3 aromatic carbocycles. The fraction of sp³-hybridized carbons (Fsp3) is 0.0833. The quantitative estimate of drug-likeness (QED) is 0.527. The minimum atomic E-state index is 0.101. The highest BCUT2D eigenvalue weighted by molar-refractivity contribution is 5.78. The topological polar surface area (TPSA) is 50.8 Å². The third-order valence-electron chi connectivity index (χ3n) is 4.33. The van der Waals surface area contributed by atoms with E-state index >= 15 is 0 Å². The van der Waals surface area contributed by atoms with Crippen molar-refractivity contribution < 1.29 is 0 Å². The molecule has 130 valence electrons. The molecule has 0 saturated carbocycles. The first-order valence-corrected chi connectivity index (χ1v) is 8.67. The third-order valence-corrected chi connectivity index (χ3v) is 4.33. The van der Waals surface area contributed by atoms with Gasteiger partial charge < -0.3 is 4.90 Å². The van der Waals surface area contributed by atoms with Gasteiger partial charge in [0.05, 0.1) is 0 Å². The number of nitrogens with zero attached hydrogens (tertiary/aromatic N) is 3. The maximum absolute atomic E-state index is 9.00. The molecule has 0 unspecified atom stereocenters. The zero-order valence-electron chi connectivity index (χ0n) is 15.3. The predicted octanol–water partition coefficient (Wildman–Crippen LogP) is 6.20. The second-order valence-corrected chi connectivity index (χ2v) is 6.33. The summed E-state index contributed by atoms with van der Waals surface area (Å²) in [7, 11) is 0. The fourth-order valence-corrected chi connectivity index (χ4v) is 3.00. The largest absolute Gasteiger partial charge is 0.310 e. The van der Waals surface area contributed by atoms with Gasteiger partial charge in [-0.3, -0.25) is 0 Å². The Balaban J connectivity index is 2.12. The van der Waals surface area contributed by atoms with E-state index in [0.29, 0.717) is 0 Å². The molecule has 0 N–H and O–H groups in total. The Hall–Kier alpha value is -3.82. The first kappa shape index (κ1) is 18.0. The standard InChI is InChI=1S/C24H19N3/c1-18-7-6-10-23(13-18)27(22-8-4-3-5-9-22)24-12-11-21(19(2)14-24)15-20(16-25)17-26/h3-15H,1-2H3. The summed E-state index contributed by atoms with van der Waals surface area (Å²) in [5.41, 5.74) is 6.34. The zero-order valence-corrected chi connectivity index (χ0v) is 15.3. The van der Waals surface area contributed by atoms with Crippen LogP contribution in [0.15, 0.2) is 78.4 Å². The summed E-state index contributed by atoms with van der Waals surface area (Å²) >= 11 is 0. The van der Waals surface area contributed by atoms with E-state index < -0.39 is 0 Å². The molecule has 27 heavy (non-hydrogen) atoms. The Bertz CT molecular complexity index is 1050. The van der Waals surface area contributed by atoms with Crippen LogP contribution < -0.4 is 4.90 Å². The minimum Gasteiger partial charge on any atom is -0.310 e. The van der Waals surface area contributed by atoms with Crippen LogP contribution in [0.25, 0.3) is 6.08 Å². The number of benzene rings is 3. The third kappa shape index (κ3) is 4.06. The Kier molecular flexibility index (Phi) is 5.36. The van der Waals surface area contributed by atoms with E-state index in [0.717, 1.165) is 28.2 Å². The van der Waals surface area contributed by atoms with E-state index in [4.69, 9.17) is 10.5 Å². The van der Waals surface area contributed by atoms with Gasteiger partial charge in [-0.15, -0.1) is 0 Å². The number of hydrogen-bond acceptors (Lipinski definition) is 3. The summed E-state index contributed by atoms with van der Waals surface area (Å²) in [5.74, 6) is 0. The van der Waals surface area contributed by atoms with E-state index in [9.17, 15) is 0 Å². The van der Waals surface area contributed by atoms with Crippen LogP contribution in [0.2, 0.25) is 0 Å². The summed E-state index contributed by atoms with van der Waals surface area (Å²) < 4.78 is 0. The molecule has 0 aliphatic rings. The van der Waals surface area contributed by atoms with Crippen LogP contribution in [-0.4, -0.2) is 0 Å². The van der Waals surface area contributed by atoms with Crippen molar-refractivity contribution in [3.8, 4) is 12.1 Å². The van der Waals surface area contributed by atoms with Gasteiger partial charge in [0.15, 0.2) is 0 Å². The number of rotatable bonds is 4. The summed E-state index contributed by atoms with van der Waals surface area (Å²) in [5, 5.41) is 18.0. The molecule has 0 aliphatic heterocycles. The van der Waals surface area contributed by atoms with E-state index in [-0.39, 0.29) is 5.57 Å². The summed E-state index contributed by atoms with van der Waals surface area (Å²) in [6.45, 7) is 4.07. The molecule has 0 bridgehead atoms. The van der Waals surface area contributed by atoms with Gasteiger partial charge in [-0.05, 0) is 73.0 Å². The number of para-hydroxylation sites is 1. The fourth-order valence-electron chi connectivity index (χ4n) is 3.00. The molecular formula is C24H19N3. The smallest absolute Gasteiger partial charge is 0.130 e. The van der Waals surface area contributed by atoms with Crippen molar-refractivity contribution in [3.63, 3.8) is 0 Å². The highest BCUT2D eigenvalue weighted by Crippen LogP contribution is 2.35. The monoisotopic (exact) mass is 349 g/mol. The van der Waals surface area contributed by atoms with Crippen LogP contribution in [0.1, 0.15) is 16.7 Å². The van der Waals surface area contributed by atoms with Crippen LogP contribution in [0, 0.1) is 36.5 Å². The SMILES string of the molecule is Cc1cccc(N(c2ccccc2)c2ccc(C=C(C#N)C#N)c(C)c2)c1. The van der Waals surface area contributed by atoms with Crippen LogP contribution in [0.5, 0.6) is 0 Å². The normalized spacial score (nSPS) is 9.78. The van der Waals surface area contributed by atoms with Gasteiger partial charge >= 0.3 is 0 Å². The van der Waals surface area contributed by atoms with Crippen molar-refractivity contribution in [2.75, 3.05) is 4.90 Å². The maximum Gasteiger partial charge on any atom is 0.130 e. The van der Waals surface area contributed by atoms with Crippen molar-refractivity contribution >= 4 is 23.1 Å². The highest BCUT2D eigenvalue weighted by atomic mass is 15.1. The lowest BCUT2D eigenvalue weighted by Gasteiger charge is -2.26. The number of nitriles is 2. The number of anilines is 3. The van der Waals surface area contributed by atoms with E-state index in [1.54, 1.807) is 6.08 Å². The Morgan fingerprint density at radius 2 is 1.44 bits per heavy atom. The van der Waals surface area contributed by atoms with Crippen molar-refractivity contribution in [1.82, 2.24) is 0 Å². The molecule has 0 heterocycles. The van der Waals surface area contributed by atoms with Gasteiger partial charge in [0, 0.05) is 17.1 Å². The van der Waals surface area contributed by atoms with E-state index in [1.165, 1.54) is 5.56 Å². The molecule has 0 amide bonds. The van der Waals surface area contributed by atoms with Crippen molar-refractivity contribution in [2.24, 2.45) is 0 Å². The molecule has 0 fully saturated rings. The molecule has 0 atom stereocenters. The summed E-state index contributed by atoms with van der Waals surface area (Å²) in [6, 6.07) is 28.4. The number of hydrogen-bond donors (Lipinski definition) is 0. The molecule has 3 nitrogen and oxygen atoms in total. The Labute approximate surface area is 160 Å². The van der Waals surface area contributed by atoms with Crippen LogP contribution >= 0.6 is 0 Å². The van der Waals surface area contributed by atoms with Crippen LogP contribution in [0.4, 0.5) is 17.1 Å². The Morgan fingerprint density at radius 3 is 2.07 bits per heavy atom. The van der Waals surface area contributed by atoms with Gasteiger partial charge in [-0.25, -0.2) is 0 Å². The van der Waals surface area contributed by atoms with E-state index in [1.807, 2.05) is 49.4 Å². The molecule has 0 aliphatic carbocycles. The summed E-state index contributed by atoms with van der Waals surface area (Å²) in [4.78, 5) is 2.20. The lowest BCUT2D eigenvalue weighted by molar-refractivity contribution is 1.26. The number of aryl methyl sites for hydroxylation is 2. The van der Waals surface area contributed by atoms with Gasteiger partial charge in [0.2, 0.25) is 0 Å². The molecule has 3 heteroatoms.